The molecule has 0 saturated carbocycles. The van der Waals surface area contributed by atoms with Gasteiger partial charge in [-0.05, 0) is 42.8 Å². The Labute approximate surface area is 120 Å². The molecule has 0 spiro atoms. The molecule has 1 aromatic carbocycles. The van der Waals surface area contributed by atoms with Crippen molar-refractivity contribution < 1.29 is 13.6 Å². The Bertz CT molecular complexity index is 707. The molecular formula is C14H11ClN2O3. The van der Waals surface area contributed by atoms with E-state index in [0.717, 1.165) is 11.3 Å². The van der Waals surface area contributed by atoms with Crippen molar-refractivity contribution in [2.75, 3.05) is 0 Å². The van der Waals surface area contributed by atoms with Crippen molar-refractivity contribution in [2.24, 2.45) is 0 Å². The Morgan fingerprint density at radius 1 is 1.25 bits per heavy atom. The molecule has 0 bridgehead atoms. The van der Waals surface area contributed by atoms with Crippen LogP contribution in [0.1, 0.15) is 11.5 Å². The fourth-order valence-corrected chi connectivity index (χ4v) is 1.95. The minimum absolute atomic E-state index is 0.191. The quantitative estimate of drug-likeness (QED) is 0.730. The van der Waals surface area contributed by atoms with Gasteiger partial charge in [-0.25, -0.2) is 0 Å². The predicted octanol–water partition coefficient (Wildman–Crippen LogP) is 3.87. The minimum Gasteiger partial charge on any atom is -0.484 e. The number of rotatable bonds is 4. The van der Waals surface area contributed by atoms with E-state index < -0.39 is 0 Å². The Morgan fingerprint density at radius 3 is 2.90 bits per heavy atom. The predicted molar refractivity (Wildman–Crippen MR) is 72.5 cm³/mol. The van der Waals surface area contributed by atoms with Crippen LogP contribution in [-0.4, -0.2) is 10.2 Å². The molecule has 3 aromatic rings. The van der Waals surface area contributed by atoms with Gasteiger partial charge in [0.1, 0.15) is 5.75 Å². The summed E-state index contributed by atoms with van der Waals surface area (Å²) in [7, 11) is 0. The number of benzene rings is 1. The molecule has 102 valence electrons. The number of halogens is 1. The lowest BCUT2D eigenvalue weighted by Crippen LogP contribution is -1.97. The molecule has 20 heavy (non-hydrogen) atoms. The topological polar surface area (TPSA) is 61.3 Å². The van der Waals surface area contributed by atoms with Crippen LogP contribution in [0.25, 0.3) is 11.7 Å². The van der Waals surface area contributed by atoms with Gasteiger partial charge >= 0.3 is 0 Å². The van der Waals surface area contributed by atoms with E-state index in [2.05, 4.69) is 10.2 Å². The van der Waals surface area contributed by atoms with E-state index in [0.29, 0.717) is 22.6 Å². The lowest BCUT2D eigenvalue weighted by atomic mass is 10.2. The number of aromatic nitrogens is 2. The van der Waals surface area contributed by atoms with E-state index in [-0.39, 0.29) is 6.61 Å². The molecule has 0 aliphatic carbocycles. The molecule has 2 heterocycles. The third-order valence-electron chi connectivity index (χ3n) is 2.69. The zero-order valence-electron chi connectivity index (χ0n) is 10.7. The first-order valence-corrected chi connectivity index (χ1v) is 6.35. The highest BCUT2D eigenvalue weighted by Gasteiger charge is 2.11. The van der Waals surface area contributed by atoms with Crippen LogP contribution in [-0.2, 0) is 6.61 Å². The summed E-state index contributed by atoms with van der Waals surface area (Å²) in [6.07, 6.45) is 1.55. The van der Waals surface area contributed by atoms with Gasteiger partial charge in [-0.3, -0.25) is 0 Å². The van der Waals surface area contributed by atoms with Crippen LogP contribution in [0, 0.1) is 6.92 Å². The number of furan rings is 1. The molecule has 0 radical (unpaired) electrons. The summed E-state index contributed by atoms with van der Waals surface area (Å²) in [4.78, 5) is 0. The second-order valence-electron chi connectivity index (χ2n) is 4.18. The molecule has 0 aliphatic heterocycles. The molecule has 6 heteroatoms. The Kier molecular flexibility index (Phi) is 3.43. The molecule has 2 aromatic heterocycles. The van der Waals surface area contributed by atoms with E-state index in [9.17, 15) is 0 Å². The smallest absolute Gasteiger partial charge is 0.283 e. The van der Waals surface area contributed by atoms with E-state index in [1.54, 1.807) is 24.5 Å². The summed E-state index contributed by atoms with van der Waals surface area (Å²) in [5, 5.41) is 8.48. The number of nitrogens with zero attached hydrogens (tertiary/aromatic N) is 2. The van der Waals surface area contributed by atoms with Gasteiger partial charge < -0.3 is 13.6 Å². The summed E-state index contributed by atoms with van der Waals surface area (Å²) in [5.41, 5.74) is 0.947. The maximum Gasteiger partial charge on any atom is 0.283 e. The van der Waals surface area contributed by atoms with E-state index in [1.807, 2.05) is 19.1 Å². The number of hydrogen-bond acceptors (Lipinski definition) is 5. The fourth-order valence-electron chi connectivity index (χ4n) is 1.73. The first-order chi connectivity index (χ1) is 9.72. The van der Waals surface area contributed by atoms with E-state index in [1.165, 1.54) is 0 Å². The standard InChI is InChI=1S/C14H11ClN2O3/c1-9-7-10(15)4-5-11(9)19-8-13-16-17-14(20-13)12-3-2-6-18-12/h2-7H,8H2,1H3. The van der Waals surface area contributed by atoms with Crippen molar-refractivity contribution in [3.05, 3.63) is 53.1 Å². The molecule has 0 N–H and O–H groups in total. The van der Waals surface area contributed by atoms with Crippen molar-refractivity contribution in [1.82, 2.24) is 10.2 Å². The highest BCUT2D eigenvalue weighted by molar-refractivity contribution is 6.30. The number of aryl methyl sites for hydroxylation is 1. The molecule has 0 saturated heterocycles. The van der Waals surface area contributed by atoms with Crippen LogP contribution >= 0.6 is 11.6 Å². The average Bonchev–Trinajstić information content (AvgIpc) is 3.08. The Morgan fingerprint density at radius 2 is 2.15 bits per heavy atom. The molecule has 0 atom stereocenters. The van der Waals surface area contributed by atoms with Gasteiger partial charge in [0.25, 0.3) is 11.8 Å². The summed E-state index contributed by atoms with van der Waals surface area (Å²) >= 11 is 5.89. The second-order valence-corrected chi connectivity index (χ2v) is 4.61. The zero-order valence-corrected chi connectivity index (χ0v) is 11.4. The molecule has 3 rings (SSSR count). The second kappa shape index (κ2) is 5.38. The number of ether oxygens (including phenoxy) is 1. The molecule has 0 fully saturated rings. The summed E-state index contributed by atoms with van der Waals surface area (Å²) in [6.45, 7) is 2.11. The van der Waals surface area contributed by atoms with Crippen molar-refractivity contribution >= 4 is 11.6 Å². The molecule has 5 nitrogen and oxygen atoms in total. The van der Waals surface area contributed by atoms with Crippen molar-refractivity contribution in [3.8, 4) is 17.4 Å². The summed E-state index contributed by atoms with van der Waals surface area (Å²) < 4.78 is 16.2. The molecule has 0 unspecified atom stereocenters. The Balaban J connectivity index is 1.70. The first kappa shape index (κ1) is 12.7. The molecular weight excluding hydrogens is 280 g/mol. The highest BCUT2D eigenvalue weighted by atomic mass is 35.5. The monoisotopic (exact) mass is 290 g/mol. The SMILES string of the molecule is Cc1cc(Cl)ccc1OCc1nnc(-c2ccco2)o1. The van der Waals surface area contributed by atoms with Crippen molar-refractivity contribution in [2.45, 2.75) is 13.5 Å². The van der Waals surface area contributed by atoms with Crippen LogP contribution in [0.4, 0.5) is 0 Å². The van der Waals surface area contributed by atoms with Gasteiger partial charge in [-0.1, -0.05) is 11.6 Å². The maximum absolute atomic E-state index is 5.89. The van der Waals surface area contributed by atoms with Gasteiger partial charge in [0, 0.05) is 5.02 Å². The Hall–Kier alpha value is -2.27. The van der Waals surface area contributed by atoms with Crippen LogP contribution in [0.5, 0.6) is 5.75 Å². The summed E-state index contributed by atoms with van der Waals surface area (Å²) in [6, 6.07) is 8.92. The van der Waals surface area contributed by atoms with Gasteiger partial charge in [0.15, 0.2) is 12.4 Å². The highest BCUT2D eigenvalue weighted by Crippen LogP contribution is 2.23. The van der Waals surface area contributed by atoms with Gasteiger partial charge in [-0.2, -0.15) is 0 Å². The van der Waals surface area contributed by atoms with Crippen molar-refractivity contribution in [3.63, 3.8) is 0 Å². The van der Waals surface area contributed by atoms with Crippen LogP contribution < -0.4 is 4.74 Å². The fraction of sp³-hybridized carbons (Fsp3) is 0.143. The minimum atomic E-state index is 0.191. The third-order valence-corrected chi connectivity index (χ3v) is 2.92. The van der Waals surface area contributed by atoms with Crippen LogP contribution in [0.15, 0.2) is 45.4 Å². The first-order valence-electron chi connectivity index (χ1n) is 5.97. The summed E-state index contributed by atoms with van der Waals surface area (Å²) in [5.74, 6) is 1.98. The normalized spacial score (nSPS) is 10.7. The lowest BCUT2D eigenvalue weighted by Gasteiger charge is -2.06. The van der Waals surface area contributed by atoms with E-state index >= 15 is 0 Å². The van der Waals surface area contributed by atoms with Gasteiger partial charge in [0.05, 0.1) is 6.26 Å². The number of hydrogen-bond donors (Lipinski definition) is 0. The molecule has 0 aliphatic rings. The van der Waals surface area contributed by atoms with Crippen LogP contribution in [0.3, 0.4) is 0 Å². The van der Waals surface area contributed by atoms with Gasteiger partial charge in [0.2, 0.25) is 0 Å². The van der Waals surface area contributed by atoms with Crippen molar-refractivity contribution in [1.29, 1.82) is 0 Å². The average molecular weight is 291 g/mol. The van der Waals surface area contributed by atoms with E-state index in [4.69, 9.17) is 25.2 Å². The third kappa shape index (κ3) is 2.67. The maximum atomic E-state index is 5.89. The molecule has 0 amide bonds. The lowest BCUT2D eigenvalue weighted by molar-refractivity contribution is 0.262. The van der Waals surface area contributed by atoms with Crippen LogP contribution in [0.2, 0.25) is 5.02 Å². The largest absolute Gasteiger partial charge is 0.484 e. The zero-order chi connectivity index (χ0) is 13.9. The van der Waals surface area contributed by atoms with Gasteiger partial charge in [-0.15, -0.1) is 10.2 Å².